The summed E-state index contributed by atoms with van der Waals surface area (Å²) in [4.78, 5) is 0. The smallest absolute Gasteiger partial charge is 0.0694 e. The van der Waals surface area contributed by atoms with Crippen LogP contribution in [-0.4, -0.2) is 11.0 Å². The normalized spacial score (nSPS) is 26.3. The summed E-state index contributed by atoms with van der Waals surface area (Å²) in [6, 6.07) is 0. The first-order chi connectivity index (χ1) is 4.74. The maximum absolute atomic E-state index is 5.32. The summed E-state index contributed by atoms with van der Waals surface area (Å²) in [6.07, 6.45) is 6.41. The van der Waals surface area contributed by atoms with Crippen LogP contribution >= 0.6 is 11.8 Å². The molecule has 0 N–H and O–H groups in total. The zero-order valence-corrected chi connectivity index (χ0v) is 7.29. The van der Waals surface area contributed by atoms with Gasteiger partial charge in [0.2, 0.25) is 0 Å². The summed E-state index contributed by atoms with van der Waals surface area (Å²) in [5.41, 5.74) is 3.00. The minimum absolute atomic E-state index is 0.434. The molecule has 1 aliphatic rings. The van der Waals surface area contributed by atoms with E-state index in [0.29, 0.717) is 5.25 Å². The largest absolute Gasteiger partial charge is 0.141 e. The Morgan fingerprint density at radius 3 is 2.70 bits per heavy atom. The van der Waals surface area contributed by atoms with Crippen molar-refractivity contribution in [3.63, 3.8) is 0 Å². The van der Waals surface area contributed by atoms with E-state index in [1.165, 1.54) is 11.1 Å². The van der Waals surface area contributed by atoms with Crippen molar-refractivity contribution in [3.8, 4) is 12.3 Å². The van der Waals surface area contributed by atoms with Crippen molar-refractivity contribution >= 4 is 11.8 Å². The molecule has 0 saturated carbocycles. The van der Waals surface area contributed by atoms with E-state index in [0.717, 1.165) is 12.2 Å². The Morgan fingerprint density at radius 2 is 2.20 bits per heavy atom. The fourth-order valence-electron chi connectivity index (χ4n) is 0.967. The lowest BCUT2D eigenvalue weighted by molar-refractivity contribution is 0.970. The van der Waals surface area contributed by atoms with E-state index in [4.69, 9.17) is 6.42 Å². The lowest BCUT2D eigenvalue weighted by Gasteiger charge is -2.19. The third-order valence-corrected chi connectivity index (χ3v) is 3.21. The SMILES string of the molecule is C#CC1CC(C)=C(C)CS1. The first kappa shape index (κ1) is 7.75. The Bertz CT molecular complexity index is 195. The maximum Gasteiger partial charge on any atom is 0.0694 e. The van der Waals surface area contributed by atoms with E-state index in [1.54, 1.807) is 0 Å². The molecule has 0 aliphatic carbocycles. The van der Waals surface area contributed by atoms with Gasteiger partial charge in [0.05, 0.1) is 5.25 Å². The van der Waals surface area contributed by atoms with Crippen molar-refractivity contribution in [3.05, 3.63) is 11.1 Å². The topological polar surface area (TPSA) is 0 Å². The van der Waals surface area contributed by atoms with Gasteiger partial charge in [0.15, 0.2) is 0 Å². The molecular weight excluding hydrogens is 140 g/mol. The second kappa shape index (κ2) is 3.16. The highest BCUT2D eigenvalue weighted by molar-refractivity contribution is 8.00. The summed E-state index contributed by atoms with van der Waals surface area (Å²) in [6.45, 7) is 4.37. The zero-order chi connectivity index (χ0) is 7.56. The van der Waals surface area contributed by atoms with Gasteiger partial charge in [0, 0.05) is 5.75 Å². The number of rotatable bonds is 0. The van der Waals surface area contributed by atoms with E-state index in [9.17, 15) is 0 Å². The molecule has 1 aliphatic heterocycles. The van der Waals surface area contributed by atoms with E-state index in [2.05, 4.69) is 19.8 Å². The number of terminal acetylenes is 1. The average Bonchev–Trinajstić information content (AvgIpc) is 1.95. The number of hydrogen-bond acceptors (Lipinski definition) is 1. The van der Waals surface area contributed by atoms with Crippen LogP contribution in [0.5, 0.6) is 0 Å². The summed E-state index contributed by atoms with van der Waals surface area (Å²) in [5, 5.41) is 0.434. The molecule has 54 valence electrons. The Balaban J connectivity index is 2.64. The van der Waals surface area contributed by atoms with Gasteiger partial charge in [-0.25, -0.2) is 0 Å². The first-order valence-electron chi connectivity index (χ1n) is 3.47. The molecule has 1 rings (SSSR count). The lowest BCUT2D eigenvalue weighted by atomic mass is 10.1. The number of allylic oxidation sites excluding steroid dienone is 1. The van der Waals surface area contributed by atoms with Gasteiger partial charge in [-0.05, 0) is 20.3 Å². The molecule has 10 heavy (non-hydrogen) atoms. The van der Waals surface area contributed by atoms with E-state index < -0.39 is 0 Å². The van der Waals surface area contributed by atoms with Crippen LogP contribution in [0.2, 0.25) is 0 Å². The molecule has 0 spiro atoms. The van der Waals surface area contributed by atoms with Gasteiger partial charge in [-0.2, -0.15) is 0 Å². The Hall–Kier alpha value is -0.350. The van der Waals surface area contributed by atoms with Gasteiger partial charge in [-0.3, -0.25) is 0 Å². The minimum Gasteiger partial charge on any atom is -0.141 e. The van der Waals surface area contributed by atoms with Gasteiger partial charge in [-0.15, -0.1) is 18.2 Å². The zero-order valence-electron chi connectivity index (χ0n) is 6.48. The van der Waals surface area contributed by atoms with Crippen LogP contribution in [0, 0.1) is 12.3 Å². The third-order valence-electron chi connectivity index (χ3n) is 1.91. The molecule has 0 radical (unpaired) electrons. The highest BCUT2D eigenvalue weighted by Crippen LogP contribution is 2.28. The molecule has 0 fully saturated rings. The molecule has 0 nitrogen and oxygen atoms in total. The standard InChI is InChI=1S/C9H12S/c1-4-9-5-7(2)8(3)6-10-9/h1,9H,5-6H2,2-3H3. The van der Waals surface area contributed by atoms with Gasteiger partial charge in [-0.1, -0.05) is 17.1 Å². The van der Waals surface area contributed by atoms with Crippen molar-refractivity contribution in [1.29, 1.82) is 0 Å². The number of thioether (sulfide) groups is 1. The monoisotopic (exact) mass is 152 g/mol. The van der Waals surface area contributed by atoms with E-state index in [1.807, 2.05) is 11.8 Å². The first-order valence-corrected chi connectivity index (χ1v) is 4.52. The molecule has 0 aromatic heterocycles. The third kappa shape index (κ3) is 1.58. The highest BCUT2D eigenvalue weighted by Gasteiger charge is 2.13. The van der Waals surface area contributed by atoms with Crippen LogP contribution < -0.4 is 0 Å². The van der Waals surface area contributed by atoms with Gasteiger partial charge in [0.1, 0.15) is 0 Å². The summed E-state index contributed by atoms with van der Waals surface area (Å²) >= 11 is 1.88. The minimum atomic E-state index is 0.434. The van der Waals surface area contributed by atoms with Crippen molar-refractivity contribution in [2.45, 2.75) is 25.5 Å². The van der Waals surface area contributed by atoms with Crippen LogP contribution in [0.15, 0.2) is 11.1 Å². The Morgan fingerprint density at radius 1 is 1.50 bits per heavy atom. The van der Waals surface area contributed by atoms with Crippen LogP contribution in [0.3, 0.4) is 0 Å². The average molecular weight is 152 g/mol. The predicted molar refractivity (Wildman–Crippen MR) is 48.1 cm³/mol. The molecule has 1 atom stereocenters. The van der Waals surface area contributed by atoms with Crippen molar-refractivity contribution in [1.82, 2.24) is 0 Å². The van der Waals surface area contributed by atoms with Crippen LogP contribution in [0.1, 0.15) is 20.3 Å². The molecule has 0 amide bonds. The van der Waals surface area contributed by atoms with E-state index >= 15 is 0 Å². The van der Waals surface area contributed by atoms with Gasteiger partial charge < -0.3 is 0 Å². The van der Waals surface area contributed by atoms with Crippen molar-refractivity contribution < 1.29 is 0 Å². The molecule has 1 unspecified atom stereocenters. The maximum atomic E-state index is 5.32. The van der Waals surface area contributed by atoms with Crippen LogP contribution in [0.4, 0.5) is 0 Å². The van der Waals surface area contributed by atoms with E-state index in [-0.39, 0.29) is 0 Å². The molecular formula is C9H12S. The fourth-order valence-corrected chi connectivity index (χ4v) is 2.13. The second-order valence-corrected chi connectivity index (χ2v) is 3.92. The molecule has 0 saturated heterocycles. The molecule has 0 aromatic carbocycles. The van der Waals surface area contributed by atoms with Gasteiger partial charge >= 0.3 is 0 Å². The summed E-state index contributed by atoms with van der Waals surface area (Å²) < 4.78 is 0. The van der Waals surface area contributed by atoms with Gasteiger partial charge in [0.25, 0.3) is 0 Å². The number of hydrogen-bond donors (Lipinski definition) is 0. The summed E-state index contributed by atoms with van der Waals surface area (Å²) in [7, 11) is 0. The second-order valence-electron chi connectivity index (χ2n) is 2.73. The fraction of sp³-hybridized carbons (Fsp3) is 0.556. The van der Waals surface area contributed by atoms with Crippen molar-refractivity contribution in [2.75, 3.05) is 5.75 Å². The Kier molecular flexibility index (Phi) is 2.45. The van der Waals surface area contributed by atoms with Crippen molar-refractivity contribution in [2.24, 2.45) is 0 Å². The quantitative estimate of drug-likeness (QED) is 0.379. The Labute approximate surface area is 67.1 Å². The highest BCUT2D eigenvalue weighted by atomic mass is 32.2. The summed E-state index contributed by atoms with van der Waals surface area (Å²) in [5.74, 6) is 3.91. The van der Waals surface area contributed by atoms with Crippen LogP contribution in [0.25, 0.3) is 0 Å². The molecule has 0 bridgehead atoms. The van der Waals surface area contributed by atoms with Crippen LogP contribution in [-0.2, 0) is 0 Å². The lowest BCUT2D eigenvalue weighted by Crippen LogP contribution is -2.08. The molecule has 1 heterocycles. The molecule has 1 heteroatoms. The molecule has 0 aromatic rings. The predicted octanol–water partition coefficient (Wildman–Crippen LogP) is 2.46.